The van der Waals surface area contributed by atoms with E-state index < -0.39 is 0 Å². The van der Waals surface area contributed by atoms with Gasteiger partial charge in [-0.3, -0.25) is 0 Å². The molecule has 0 aliphatic heterocycles. The highest BCUT2D eigenvalue weighted by atomic mass is 15.1. The van der Waals surface area contributed by atoms with Gasteiger partial charge in [-0.25, -0.2) is 0 Å². The molecule has 0 saturated heterocycles. The van der Waals surface area contributed by atoms with Gasteiger partial charge in [-0.1, -0.05) is 146 Å². The first-order chi connectivity index (χ1) is 27.2. The number of fused-ring (bicyclic) bond motifs is 2. The molecule has 0 bridgehead atoms. The van der Waals surface area contributed by atoms with Crippen LogP contribution in [-0.2, 0) is 0 Å². The average molecular weight is 698 g/mol. The highest BCUT2D eigenvalue weighted by Gasteiger charge is 2.18. The third kappa shape index (κ3) is 5.48. The van der Waals surface area contributed by atoms with Gasteiger partial charge in [0.25, 0.3) is 0 Å². The van der Waals surface area contributed by atoms with Crippen LogP contribution in [0.2, 0.25) is 0 Å². The van der Waals surface area contributed by atoms with E-state index in [1.807, 2.05) is 0 Å². The summed E-state index contributed by atoms with van der Waals surface area (Å²) in [6.07, 6.45) is 0. The second kappa shape index (κ2) is 12.7. The lowest BCUT2D eigenvalue weighted by Gasteiger charge is -2.27. The molecular weight excluding hydrogens is 663 g/mol. The van der Waals surface area contributed by atoms with Gasteiger partial charge < -0.3 is 4.90 Å². The van der Waals surface area contributed by atoms with Crippen LogP contribution in [0, 0.1) is 0 Å². The number of anilines is 3. The number of rotatable bonds is 6. The van der Waals surface area contributed by atoms with Crippen molar-refractivity contribution in [3.05, 3.63) is 212 Å². The molecule has 0 unspecified atom stereocenters. The molecule has 0 aliphatic rings. The van der Waals surface area contributed by atoms with Gasteiger partial charge in [-0.05, 0) is 154 Å². The van der Waals surface area contributed by atoms with Crippen LogP contribution in [-0.4, -0.2) is 0 Å². The molecule has 0 atom stereocenters. The largest absolute Gasteiger partial charge is 0.310 e. The Morgan fingerprint density at radius 2 is 0.527 bits per heavy atom. The van der Waals surface area contributed by atoms with Crippen molar-refractivity contribution in [2.75, 3.05) is 4.90 Å². The fraction of sp³-hybridized carbons (Fsp3) is 0. The van der Waals surface area contributed by atoms with Crippen molar-refractivity contribution in [1.82, 2.24) is 0 Å². The molecule has 11 rings (SSSR count). The fourth-order valence-corrected chi connectivity index (χ4v) is 8.58. The van der Waals surface area contributed by atoms with Crippen LogP contribution in [0.4, 0.5) is 17.1 Å². The maximum absolute atomic E-state index is 2.41. The van der Waals surface area contributed by atoms with Crippen LogP contribution >= 0.6 is 0 Å². The first-order valence-electron chi connectivity index (χ1n) is 19.0. The van der Waals surface area contributed by atoms with E-state index in [1.165, 1.54) is 87.2 Å². The molecule has 0 spiro atoms. The Kier molecular flexibility index (Phi) is 7.25. The molecule has 0 fully saturated rings. The lowest BCUT2D eigenvalue weighted by molar-refractivity contribution is 1.30. The van der Waals surface area contributed by atoms with Crippen LogP contribution in [0.25, 0.3) is 87.2 Å². The minimum atomic E-state index is 1.14. The monoisotopic (exact) mass is 697 g/mol. The summed E-state index contributed by atoms with van der Waals surface area (Å²) in [6.45, 7) is 0. The first-order valence-corrected chi connectivity index (χ1v) is 19.0. The molecule has 0 saturated carbocycles. The molecule has 0 amide bonds. The van der Waals surface area contributed by atoms with Crippen LogP contribution in [0.5, 0.6) is 0 Å². The van der Waals surface area contributed by atoms with E-state index in [0.29, 0.717) is 0 Å². The molecule has 55 heavy (non-hydrogen) atoms. The molecular formula is C54H35N. The van der Waals surface area contributed by atoms with Gasteiger partial charge >= 0.3 is 0 Å². The second-order valence-corrected chi connectivity index (χ2v) is 14.6. The Hall–Kier alpha value is -7.22. The summed E-state index contributed by atoms with van der Waals surface area (Å²) < 4.78 is 0. The molecule has 11 aromatic rings. The summed E-state index contributed by atoms with van der Waals surface area (Å²) in [6, 6.07) is 78.0. The highest BCUT2D eigenvalue weighted by molar-refractivity contribution is 6.24. The molecule has 256 valence electrons. The second-order valence-electron chi connectivity index (χ2n) is 14.6. The minimum Gasteiger partial charge on any atom is -0.310 e. The van der Waals surface area contributed by atoms with E-state index in [0.717, 1.165) is 17.1 Å². The van der Waals surface area contributed by atoms with Crippen LogP contribution in [0.1, 0.15) is 0 Å². The third-order valence-corrected chi connectivity index (χ3v) is 11.2. The van der Waals surface area contributed by atoms with E-state index >= 15 is 0 Å². The van der Waals surface area contributed by atoms with E-state index in [1.54, 1.807) is 0 Å². The number of nitrogens with zero attached hydrogens (tertiary/aromatic N) is 1. The summed E-state index contributed by atoms with van der Waals surface area (Å²) in [7, 11) is 0. The predicted molar refractivity (Wildman–Crippen MR) is 236 cm³/mol. The van der Waals surface area contributed by atoms with Gasteiger partial charge in [-0.2, -0.15) is 0 Å². The van der Waals surface area contributed by atoms with Gasteiger partial charge in [0.1, 0.15) is 0 Å². The van der Waals surface area contributed by atoms with Crippen molar-refractivity contribution < 1.29 is 0 Å². The van der Waals surface area contributed by atoms with Gasteiger partial charge in [0.15, 0.2) is 0 Å². The fourth-order valence-electron chi connectivity index (χ4n) is 8.58. The van der Waals surface area contributed by atoms with E-state index in [4.69, 9.17) is 0 Å². The van der Waals surface area contributed by atoms with Crippen molar-refractivity contribution in [2.45, 2.75) is 0 Å². The summed E-state index contributed by atoms with van der Waals surface area (Å²) in [5, 5.41) is 12.5. The van der Waals surface area contributed by atoms with Crippen molar-refractivity contribution in [1.29, 1.82) is 0 Å². The van der Waals surface area contributed by atoms with E-state index in [-0.39, 0.29) is 0 Å². The van der Waals surface area contributed by atoms with E-state index in [9.17, 15) is 0 Å². The SMILES string of the molecule is c1ccc(-c2cc(-c3ccccc3)cc(-c3cc4ccc5cc(N(c6ccc7ccccc7c6)c6ccc7ccccc7c6)cc6ccc(c3)c4c56)c2)cc1. The van der Waals surface area contributed by atoms with Crippen molar-refractivity contribution >= 4 is 70.9 Å². The zero-order valence-corrected chi connectivity index (χ0v) is 30.2. The summed E-state index contributed by atoms with van der Waals surface area (Å²) in [5.74, 6) is 0. The standard InChI is InChI=1S/C54H35N/c1-3-11-36(12-4-1)46-29-47(37-13-5-2-6-14-37)31-49(30-46)48-27-42-19-21-44-34-52(35-45-22-20-43(28-48)53(42)54(44)45)55(50-25-23-38-15-7-9-17-40(38)32-50)51-26-24-39-16-8-10-18-41(39)33-51/h1-35H. The summed E-state index contributed by atoms with van der Waals surface area (Å²) in [4.78, 5) is 2.41. The topological polar surface area (TPSA) is 3.24 Å². The number of hydrogen-bond donors (Lipinski definition) is 0. The van der Waals surface area contributed by atoms with E-state index in [2.05, 4.69) is 217 Å². The Morgan fingerprint density at radius 1 is 0.200 bits per heavy atom. The van der Waals surface area contributed by atoms with Crippen LogP contribution in [0.3, 0.4) is 0 Å². The maximum atomic E-state index is 2.41. The molecule has 11 aromatic carbocycles. The van der Waals surface area contributed by atoms with Gasteiger partial charge in [0, 0.05) is 17.1 Å². The van der Waals surface area contributed by atoms with Crippen molar-refractivity contribution in [3.8, 4) is 33.4 Å². The smallest absolute Gasteiger partial charge is 0.0473 e. The summed E-state index contributed by atoms with van der Waals surface area (Å²) in [5.41, 5.74) is 10.7. The molecule has 1 heteroatoms. The Balaban J connectivity index is 1.08. The van der Waals surface area contributed by atoms with Crippen molar-refractivity contribution in [2.24, 2.45) is 0 Å². The van der Waals surface area contributed by atoms with Gasteiger partial charge in [-0.15, -0.1) is 0 Å². The quantitative estimate of drug-likeness (QED) is 0.156. The lowest BCUT2D eigenvalue weighted by atomic mass is 9.89. The predicted octanol–water partition coefficient (Wildman–Crippen LogP) is 15.4. The molecule has 1 nitrogen and oxygen atoms in total. The van der Waals surface area contributed by atoms with Crippen LogP contribution < -0.4 is 4.90 Å². The lowest BCUT2D eigenvalue weighted by Crippen LogP contribution is -2.10. The summed E-state index contributed by atoms with van der Waals surface area (Å²) >= 11 is 0. The van der Waals surface area contributed by atoms with Crippen LogP contribution in [0.15, 0.2) is 212 Å². The Morgan fingerprint density at radius 3 is 0.982 bits per heavy atom. The maximum Gasteiger partial charge on any atom is 0.0473 e. The number of hydrogen-bond acceptors (Lipinski definition) is 1. The molecule has 0 aromatic heterocycles. The molecule has 0 heterocycles. The highest BCUT2D eigenvalue weighted by Crippen LogP contribution is 2.44. The first kappa shape index (κ1) is 31.3. The zero-order valence-electron chi connectivity index (χ0n) is 30.2. The van der Waals surface area contributed by atoms with Crippen molar-refractivity contribution in [3.63, 3.8) is 0 Å². The molecule has 0 aliphatic carbocycles. The molecule has 0 N–H and O–H groups in total. The number of benzene rings is 11. The van der Waals surface area contributed by atoms with Gasteiger partial charge in [0.05, 0.1) is 0 Å². The Bertz CT molecular complexity index is 2990. The van der Waals surface area contributed by atoms with Gasteiger partial charge in [0.2, 0.25) is 0 Å². The normalized spacial score (nSPS) is 11.6. The Labute approximate surface area is 320 Å². The third-order valence-electron chi connectivity index (χ3n) is 11.2. The average Bonchev–Trinajstić information content (AvgIpc) is 3.26. The zero-order chi connectivity index (χ0) is 36.3. The minimum absolute atomic E-state index is 1.14. The molecule has 0 radical (unpaired) electrons.